The van der Waals surface area contributed by atoms with Gasteiger partial charge in [-0.2, -0.15) is 16.7 Å². The fraction of sp³-hybridized carbons (Fsp3) is 0.643. The molecule has 106 valence electrons. The highest BCUT2D eigenvalue weighted by Gasteiger charge is 2.29. The van der Waals surface area contributed by atoms with Crippen LogP contribution in [0.25, 0.3) is 0 Å². The molecule has 4 nitrogen and oxygen atoms in total. The van der Waals surface area contributed by atoms with Crippen LogP contribution in [0.2, 0.25) is 0 Å². The molecule has 1 aromatic rings. The maximum Gasteiger partial charge on any atom is 0.239 e. The standard InChI is InChI=1S/C14H23N3OS/c1-3-8-18-13-11(15)5-6-12(17-13)16-10-14(2)7-4-9-19-14/h5-6H,3-4,7-10,15H2,1-2H3,(H,16,17). The molecule has 0 spiro atoms. The second kappa shape index (κ2) is 6.37. The van der Waals surface area contributed by atoms with Crippen molar-refractivity contribution in [2.24, 2.45) is 0 Å². The molecule has 0 bridgehead atoms. The van der Waals surface area contributed by atoms with E-state index in [4.69, 9.17) is 10.5 Å². The summed E-state index contributed by atoms with van der Waals surface area (Å²) >= 11 is 2.04. The monoisotopic (exact) mass is 281 g/mol. The van der Waals surface area contributed by atoms with E-state index in [1.165, 1.54) is 18.6 Å². The molecule has 0 radical (unpaired) electrons. The van der Waals surface area contributed by atoms with E-state index in [0.29, 0.717) is 22.9 Å². The van der Waals surface area contributed by atoms with Gasteiger partial charge in [-0.1, -0.05) is 6.92 Å². The Labute approximate surface area is 119 Å². The van der Waals surface area contributed by atoms with Gasteiger partial charge in [-0.05, 0) is 44.1 Å². The van der Waals surface area contributed by atoms with E-state index < -0.39 is 0 Å². The molecule has 0 aliphatic carbocycles. The lowest BCUT2D eigenvalue weighted by molar-refractivity contribution is 0.307. The molecule has 1 aromatic heterocycles. The van der Waals surface area contributed by atoms with Crippen LogP contribution >= 0.6 is 11.8 Å². The van der Waals surface area contributed by atoms with Gasteiger partial charge in [-0.15, -0.1) is 0 Å². The van der Waals surface area contributed by atoms with Gasteiger partial charge in [-0.3, -0.25) is 0 Å². The van der Waals surface area contributed by atoms with Crippen molar-refractivity contribution < 1.29 is 4.74 Å². The number of thioether (sulfide) groups is 1. The summed E-state index contributed by atoms with van der Waals surface area (Å²) in [7, 11) is 0. The molecule has 1 saturated heterocycles. The van der Waals surface area contributed by atoms with Gasteiger partial charge in [0.05, 0.1) is 12.3 Å². The Balaban J connectivity index is 1.96. The summed E-state index contributed by atoms with van der Waals surface area (Å²) in [6.45, 7) is 5.95. The Bertz CT molecular complexity index is 419. The van der Waals surface area contributed by atoms with Crippen LogP contribution in [0.5, 0.6) is 5.88 Å². The molecular formula is C14H23N3OS. The second-order valence-electron chi connectivity index (χ2n) is 5.19. The minimum atomic E-state index is 0.327. The Kier molecular flexibility index (Phi) is 4.80. The van der Waals surface area contributed by atoms with Crippen LogP contribution in [0.1, 0.15) is 33.1 Å². The van der Waals surface area contributed by atoms with E-state index in [9.17, 15) is 0 Å². The summed E-state index contributed by atoms with van der Waals surface area (Å²) in [5, 5.41) is 3.40. The lowest BCUT2D eigenvalue weighted by Gasteiger charge is -2.23. The summed E-state index contributed by atoms with van der Waals surface area (Å²) in [6.07, 6.45) is 3.52. The molecule has 1 aliphatic rings. The predicted octanol–water partition coefficient (Wildman–Crippen LogP) is 3.15. The predicted molar refractivity (Wildman–Crippen MR) is 83.0 cm³/mol. The summed E-state index contributed by atoms with van der Waals surface area (Å²) in [4.78, 5) is 4.43. The lowest BCUT2D eigenvalue weighted by Crippen LogP contribution is -2.27. The Morgan fingerprint density at radius 3 is 3.05 bits per heavy atom. The molecule has 5 heteroatoms. The van der Waals surface area contributed by atoms with E-state index in [1.807, 2.05) is 23.9 Å². The van der Waals surface area contributed by atoms with Gasteiger partial charge in [0, 0.05) is 11.3 Å². The largest absolute Gasteiger partial charge is 0.476 e. The van der Waals surface area contributed by atoms with Crippen molar-refractivity contribution in [2.75, 3.05) is 30.0 Å². The number of hydrogen-bond acceptors (Lipinski definition) is 5. The molecule has 0 aromatic carbocycles. The molecule has 1 atom stereocenters. The Hall–Kier alpha value is -1.10. The molecule has 0 saturated carbocycles. The van der Waals surface area contributed by atoms with E-state index in [1.54, 1.807) is 0 Å². The first-order valence-corrected chi connectivity index (χ1v) is 7.89. The smallest absolute Gasteiger partial charge is 0.239 e. The third-order valence-corrected chi connectivity index (χ3v) is 4.81. The molecule has 3 N–H and O–H groups in total. The average molecular weight is 281 g/mol. The van der Waals surface area contributed by atoms with Crippen LogP contribution in [0.4, 0.5) is 11.5 Å². The number of rotatable bonds is 6. The normalized spacial score (nSPS) is 22.4. The number of aromatic nitrogens is 1. The third-order valence-electron chi connectivity index (χ3n) is 3.28. The van der Waals surface area contributed by atoms with Crippen molar-refractivity contribution in [1.82, 2.24) is 4.98 Å². The van der Waals surface area contributed by atoms with Gasteiger partial charge in [-0.25, -0.2) is 0 Å². The maximum atomic E-state index is 5.86. The molecule has 1 unspecified atom stereocenters. The van der Waals surface area contributed by atoms with Gasteiger partial charge in [0.1, 0.15) is 5.82 Å². The summed E-state index contributed by atoms with van der Waals surface area (Å²) in [6, 6.07) is 3.77. The zero-order chi connectivity index (χ0) is 13.7. The number of anilines is 2. The molecule has 1 fully saturated rings. The third kappa shape index (κ3) is 3.93. The van der Waals surface area contributed by atoms with Crippen molar-refractivity contribution in [3.8, 4) is 5.88 Å². The van der Waals surface area contributed by atoms with Gasteiger partial charge in [0.25, 0.3) is 0 Å². The van der Waals surface area contributed by atoms with Gasteiger partial charge in [0.2, 0.25) is 5.88 Å². The number of nitrogen functional groups attached to an aromatic ring is 1. The minimum Gasteiger partial charge on any atom is -0.476 e. The van der Waals surface area contributed by atoms with Gasteiger partial charge >= 0.3 is 0 Å². The highest BCUT2D eigenvalue weighted by Crippen LogP contribution is 2.37. The molecule has 1 aliphatic heterocycles. The quantitative estimate of drug-likeness (QED) is 0.839. The number of ether oxygens (including phenoxy) is 1. The fourth-order valence-corrected chi connectivity index (χ4v) is 3.36. The zero-order valence-corrected chi connectivity index (χ0v) is 12.6. The SMILES string of the molecule is CCCOc1nc(NCC2(C)CCCS2)ccc1N. The Morgan fingerprint density at radius 1 is 1.53 bits per heavy atom. The summed E-state index contributed by atoms with van der Waals surface area (Å²) < 4.78 is 5.87. The topological polar surface area (TPSA) is 60.2 Å². The molecule has 2 heterocycles. The maximum absolute atomic E-state index is 5.86. The van der Waals surface area contributed by atoms with Crippen molar-refractivity contribution in [1.29, 1.82) is 0 Å². The van der Waals surface area contributed by atoms with E-state index >= 15 is 0 Å². The number of nitrogens with zero attached hydrogens (tertiary/aromatic N) is 1. The van der Waals surface area contributed by atoms with Gasteiger partial charge in [0.15, 0.2) is 0 Å². The van der Waals surface area contributed by atoms with E-state index in [0.717, 1.165) is 18.8 Å². The molecular weight excluding hydrogens is 258 g/mol. The molecule has 2 rings (SSSR count). The second-order valence-corrected chi connectivity index (χ2v) is 6.88. The minimum absolute atomic E-state index is 0.327. The van der Waals surface area contributed by atoms with Gasteiger partial charge < -0.3 is 15.8 Å². The molecule has 0 amide bonds. The van der Waals surface area contributed by atoms with Crippen LogP contribution in [0.15, 0.2) is 12.1 Å². The first-order chi connectivity index (χ1) is 9.13. The lowest BCUT2D eigenvalue weighted by atomic mass is 10.1. The van der Waals surface area contributed by atoms with Crippen molar-refractivity contribution >= 4 is 23.3 Å². The van der Waals surface area contributed by atoms with Crippen LogP contribution in [-0.2, 0) is 0 Å². The summed E-state index contributed by atoms with van der Waals surface area (Å²) in [5.74, 6) is 2.64. The summed E-state index contributed by atoms with van der Waals surface area (Å²) in [5.41, 5.74) is 6.45. The van der Waals surface area contributed by atoms with Crippen LogP contribution < -0.4 is 15.8 Å². The fourth-order valence-electron chi connectivity index (χ4n) is 2.12. The van der Waals surface area contributed by atoms with Crippen molar-refractivity contribution in [3.05, 3.63) is 12.1 Å². The van der Waals surface area contributed by atoms with Crippen LogP contribution in [0, 0.1) is 0 Å². The number of hydrogen-bond donors (Lipinski definition) is 2. The first-order valence-electron chi connectivity index (χ1n) is 6.90. The van der Waals surface area contributed by atoms with Crippen molar-refractivity contribution in [3.63, 3.8) is 0 Å². The first kappa shape index (κ1) is 14.3. The van der Waals surface area contributed by atoms with Crippen LogP contribution in [-0.4, -0.2) is 28.6 Å². The molecule has 19 heavy (non-hydrogen) atoms. The zero-order valence-electron chi connectivity index (χ0n) is 11.7. The average Bonchev–Trinajstić information content (AvgIpc) is 2.84. The van der Waals surface area contributed by atoms with E-state index in [-0.39, 0.29) is 0 Å². The number of pyridine rings is 1. The van der Waals surface area contributed by atoms with E-state index in [2.05, 4.69) is 24.1 Å². The highest BCUT2D eigenvalue weighted by atomic mass is 32.2. The number of nitrogens with one attached hydrogen (secondary N) is 1. The highest BCUT2D eigenvalue weighted by molar-refractivity contribution is 8.00. The van der Waals surface area contributed by atoms with Crippen molar-refractivity contribution in [2.45, 2.75) is 37.9 Å². The number of nitrogens with two attached hydrogens (primary N) is 1. The van der Waals surface area contributed by atoms with Crippen LogP contribution in [0.3, 0.4) is 0 Å². The Morgan fingerprint density at radius 2 is 2.37 bits per heavy atom.